The van der Waals surface area contributed by atoms with E-state index in [1.807, 2.05) is 24.3 Å². The van der Waals surface area contributed by atoms with Crippen LogP contribution in [0.2, 0.25) is 5.02 Å². The first-order chi connectivity index (χ1) is 10.3. The number of hydrogen-bond donors (Lipinski definition) is 1. The fourth-order valence-electron chi connectivity index (χ4n) is 2.54. The summed E-state index contributed by atoms with van der Waals surface area (Å²) in [6, 6.07) is 7.92. The van der Waals surface area contributed by atoms with Gasteiger partial charge in [-0.3, -0.25) is 0 Å². The molecule has 1 fully saturated rings. The van der Waals surface area contributed by atoms with Crippen LogP contribution in [0, 0.1) is 0 Å². The minimum absolute atomic E-state index is 0.136. The molecule has 2 aromatic rings. The third kappa shape index (κ3) is 3.43. The van der Waals surface area contributed by atoms with E-state index in [1.54, 1.807) is 0 Å². The summed E-state index contributed by atoms with van der Waals surface area (Å²) in [5.41, 5.74) is 1.11. The van der Waals surface area contributed by atoms with Crippen LogP contribution in [0.15, 0.2) is 28.8 Å². The Labute approximate surface area is 128 Å². The lowest BCUT2D eigenvalue weighted by atomic mass is 10.0. The molecule has 0 amide bonds. The second-order valence-electron chi connectivity index (χ2n) is 5.16. The van der Waals surface area contributed by atoms with Gasteiger partial charge in [0.15, 0.2) is 5.82 Å². The predicted octanol–water partition coefficient (Wildman–Crippen LogP) is 2.41. The Morgan fingerprint density at radius 2 is 2.10 bits per heavy atom. The second-order valence-corrected chi connectivity index (χ2v) is 5.60. The molecule has 1 N–H and O–H groups in total. The molecule has 1 aliphatic heterocycles. The van der Waals surface area contributed by atoms with Gasteiger partial charge in [-0.15, -0.1) is 0 Å². The van der Waals surface area contributed by atoms with Gasteiger partial charge >= 0.3 is 0 Å². The molecule has 21 heavy (non-hydrogen) atoms. The lowest BCUT2D eigenvalue weighted by Gasteiger charge is -2.13. The number of benzene rings is 1. The van der Waals surface area contributed by atoms with Crippen molar-refractivity contribution >= 4 is 11.6 Å². The maximum atomic E-state index is 5.88. The third-order valence-electron chi connectivity index (χ3n) is 3.62. The van der Waals surface area contributed by atoms with Crippen LogP contribution in [0.3, 0.4) is 0 Å². The summed E-state index contributed by atoms with van der Waals surface area (Å²) in [4.78, 5) is 4.51. The standard InChI is InChI=1S/C15H18ClN3O2/c1-2-17-13-9-20-8-12(13)15-18-14(19-21-15)7-10-3-5-11(16)6-4-10/h3-6,12-13,17H,2,7-9H2,1H3. The van der Waals surface area contributed by atoms with Crippen LogP contribution in [-0.2, 0) is 11.2 Å². The van der Waals surface area contributed by atoms with E-state index in [0.717, 1.165) is 17.1 Å². The number of nitrogens with zero attached hydrogens (tertiary/aromatic N) is 2. The Kier molecular flexibility index (Phi) is 4.53. The first kappa shape index (κ1) is 14.5. The lowest BCUT2D eigenvalue weighted by molar-refractivity contribution is 0.185. The van der Waals surface area contributed by atoms with E-state index in [1.165, 1.54) is 0 Å². The molecular weight excluding hydrogens is 290 g/mol. The highest BCUT2D eigenvalue weighted by molar-refractivity contribution is 6.30. The van der Waals surface area contributed by atoms with Crippen molar-refractivity contribution in [3.8, 4) is 0 Å². The van der Waals surface area contributed by atoms with Crippen molar-refractivity contribution in [2.45, 2.75) is 25.3 Å². The molecule has 0 spiro atoms. The Balaban J connectivity index is 1.69. The first-order valence-electron chi connectivity index (χ1n) is 7.14. The predicted molar refractivity (Wildman–Crippen MR) is 79.6 cm³/mol. The van der Waals surface area contributed by atoms with Crippen molar-refractivity contribution in [3.63, 3.8) is 0 Å². The monoisotopic (exact) mass is 307 g/mol. The zero-order valence-corrected chi connectivity index (χ0v) is 12.6. The number of hydrogen-bond acceptors (Lipinski definition) is 5. The smallest absolute Gasteiger partial charge is 0.233 e. The summed E-state index contributed by atoms with van der Waals surface area (Å²) in [5.74, 6) is 1.48. The number of nitrogens with one attached hydrogen (secondary N) is 1. The molecule has 0 aliphatic carbocycles. The number of aromatic nitrogens is 2. The van der Waals surface area contributed by atoms with Gasteiger partial charge in [0.05, 0.1) is 19.1 Å². The van der Waals surface area contributed by atoms with Gasteiger partial charge in [-0.1, -0.05) is 35.8 Å². The summed E-state index contributed by atoms with van der Waals surface area (Å²) in [6.45, 7) is 4.29. The molecule has 2 atom stereocenters. The van der Waals surface area contributed by atoms with Gasteiger partial charge in [0, 0.05) is 17.5 Å². The number of likely N-dealkylation sites (N-methyl/N-ethyl adjacent to an activating group) is 1. The van der Waals surface area contributed by atoms with E-state index < -0.39 is 0 Å². The highest BCUT2D eigenvalue weighted by Gasteiger charge is 2.33. The van der Waals surface area contributed by atoms with Crippen molar-refractivity contribution in [1.29, 1.82) is 0 Å². The molecule has 1 saturated heterocycles. The molecule has 0 saturated carbocycles. The van der Waals surface area contributed by atoms with Crippen molar-refractivity contribution in [3.05, 3.63) is 46.6 Å². The quantitative estimate of drug-likeness (QED) is 0.919. The number of halogens is 1. The first-order valence-corrected chi connectivity index (χ1v) is 7.52. The number of ether oxygens (including phenoxy) is 1. The average Bonchev–Trinajstić information content (AvgIpc) is 3.11. The van der Waals surface area contributed by atoms with Gasteiger partial charge in [0.2, 0.25) is 5.89 Å². The Bertz CT molecular complexity index is 585. The third-order valence-corrected chi connectivity index (χ3v) is 3.88. The fraction of sp³-hybridized carbons (Fsp3) is 0.467. The van der Waals surface area contributed by atoms with Gasteiger partial charge in [-0.05, 0) is 24.2 Å². The van der Waals surface area contributed by atoms with E-state index in [2.05, 4.69) is 22.4 Å². The summed E-state index contributed by atoms with van der Waals surface area (Å²) in [6.07, 6.45) is 0.639. The highest BCUT2D eigenvalue weighted by atomic mass is 35.5. The van der Waals surface area contributed by atoms with Crippen molar-refractivity contribution < 1.29 is 9.26 Å². The average molecular weight is 308 g/mol. The summed E-state index contributed by atoms with van der Waals surface area (Å²) >= 11 is 5.88. The summed E-state index contributed by atoms with van der Waals surface area (Å²) in [5, 5.41) is 8.19. The molecular formula is C15H18ClN3O2. The molecule has 6 heteroatoms. The van der Waals surface area contributed by atoms with Crippen LogP contribution >= 0.6 is 11.6 Å². The maximum Gasteiger partial charge on any atom is 0.233 e. The summed E-state index contributed by atoms with van der Waals surface area (Å²) in [7, 11) is 0. The van der Waals surface area contributed by atoms with Crippen LogP contribution in [0.4, 0.5) is 0 Å². The van der Waals surface area contributed by atoms with E-state index in [4.69, 9.17) is 20.9 Å². The molecule has 0 radical (unpaired) electrons. The van der Waals surface area contributed by atoms with Crippen molar-refractivity contribution in [1.82, 2.24) is 15.5 Å². The molecule has 1 aliphatic rings. The second kappa shape index (κ2) is 6.56. The molecule has 5 nitrogen and oxygen atoms in total. The zero-order chi connectivity index (χ0) is 14.7. The van der Waals surface area contributed by atoms with Crippen LogP contribution < -0.4 is 5.32 Å². The van der Waals surface area contributed by atoms with Gasteiger partial charge in [-0.2, -0.15) is 4.98 Å². The van der Waals surface area contributed by atoms with Crippen molar-refractivity contribution in [2.24, 2.45) is 0 Å². The Morgan fingerprint density at radius 1 is 1.29 bits per heavy atom. The van der Waals surface area contributed by atoms with Gasteiger partial charge in [0.1, 0.15) is 0 Å². The van der Waals surface area contributed by atoms with E-state index >= 15 is 0 Å². The Hall–Kier alpha value is -1.43. The fourth-order valence-corrected chi connectivity index (χ4v) is 2.66. The SMILES string of the molecule is CCNC1COCC1c1nc(Cc2ccc(Cl)cc2)no1. The molecule has 1 aromatic heterocycles. The molecule has 1 aromatic carbocycles. The van der Waals surface area contributed by atoms with E-state index in [0.29, 0.717) is 31.3 Å². The van der Waals surface area contributed by atoms with Gasteiger partial charge in [0.25, 0.3) is 0 Å². The van der Waals surface area contributed by atoms with E-state index in [9.17, 15) is 0 Å². The maximum absolute atomic E-state index is 5.88. The molecule has 0 bridgehead atoms. The minimum Gasteiger partial charge on any atom is -0.379 e. The van der Waals surface area contributed by atoms with Gasteiger partial charge in [-0.25, -0.2) is 0 Å². The zero-order valence-electron chi connectivity index (χ0n) is 11.9. The topological polar surface area (TPSA) is 60.2 Å². The van der Waals surface area contributed by atoms with Crippen LogP contribution in [0.1, 0.15) is 30.1 Å². The molecule has 2 heterocycles. The molecule has 2 unspecified atom stereocenters. The summed E-state index contributed by atoms with van der Waals surface area (Å²) < 4.78 is 10.9. The normalized spacial score (nSPS) is 21.8. The molecule has 3 rings (SSSR count). The van der Waals surface area contributed by atoms with Crippen molar-refractivity contribution in [2.75, 3.05) is 19.8 Å². The van der Waals surface area contributed by atoms with E-state index in [-0.39, 0.29) is 12.0 Å². The lowest BCUT2D eigenvalue weighted by Crippen LogP contribution is -2.34. The number of rotatable bonds is 5. The molecule has 112 valence electrons. The van der Waals surface area contributed by atoms with Gasteiger partial charge < -0.3 is 14.6 Å². The largest absolute Gasteiger partial charge is 0.379 e. The Morgan fingerprint density at radius 3 is 2.86 bits per heavy atom. The minimum atomic E-state index is 0.136. The van der Waals surface area contributed by atoms with Crippen LogP contribution in [-0.4, -0.2) is 35.9 Å². The highest BCUT2D eigenvalue weighted by Crippen LogP contribution is 2.24. The van der Waals surface area contributed by atoms with Crippen LogP contribution in [0.25, 0.3) is 0 Å². The van der Waals surface area contributed by atoms with Crippen LogP contribution in [0.5, 0.6) is 0 Å².